The minimum absolute atomic E-state index is 0.0337. The highest BCUT2D eigenvalue weighted by Crippen LogP contribution is 2.78. The van der Waals surface area contributed by atoms with Crippen LogP contribution < -0.4 is 0 Å². The maximum atomic E-state index is 12.7. The van der Waals surface area contributed by atoms with Gasteiger partial charge in [-0.2, -0.15) is 0 Å². The Hall–Kier alpha value is -0.530. The first kappa shape index (κ1) is 15.7. The van der Waals surface area contributed by atoms with Gasteiger partial charge in [0.2, 0.25) is 0 Å². The Kier molecular flexibility index (Phi) is 3.14. The first-order valence-corrected chi connectivity index (χ1v) is 10.6. The number of hydrogen-bond acceptors (Lipinski definition) is 2. The van der Waals surface area contributed by atoms with Crippen molar-refractivity contribution in [3.63, 3.8) is 0 Å². The molecule has 0 saturated heterocycles. The van der Waals surface area contributed by atoms with Gasteiger partial charge in [0.15, 0.2) is 0 Å². The number of esters is 1. The van der Waals surface area contributed by atoms with Crippen molar-refractivity contribution >= 4 is 5.97 Å². The van der Waals surface area contributed by atoms with E-state index < -0.39 is 0 Å². The predicted octanol–water partition coefficient (Wildman–Crippen LogP) is 5.06. The lowest BCUT2D eigenvalue weighted by Gasteiger charge is -2.77. The van der Waals surface area contributed by atoms with Crippen LogP contribution in [0.4, 0.5) is 0 Å². The summed E-state index contributed by atoms with van der Waals surface area (Å²) in [6.07, 6.45) is 9.59. The van der Waals surface area contributed by atoms with Gasteiger partial charge >= 0.3 is 5.97 Å². The van der Waals surface area contributed by atoms with Crippen LogP contribution >= 0.6 is 0 Å². The molecule has 24 heavy (non-hydrogen) atoms. The van der Waals surface area contributed by atoms with E-state index in [0.29, 0.717) is 5.41 Å². The van der Waals surface area contributed by atoms with Gasteiger partial charge in [0.05, 0.1) is 5.92 Å². The second-order valence-corrected chi connectivity index (χ2v) is 10.6. The molecule has 0 spiro atoms. The number of rotatable bonds is 4. The van der Waals surface area contributed by atoms with Crippen LogP contribution in [0.1, 0.15) is 72.6 Å². The van der Waals surface area contributed by atoms with Crippen LogP contribution in [0.3, 0.4) is 0 Å². The van der Waals surface area contributed by atoms with Crippen LogP contribution in [0, 0.1) is 52.8 Å². The lowest BCUT2D eigenvalue weighted by atomic mass is 9.28. The molecule has 8 bridgehead atoms. The summed E-state index contributed by atoms with van der Waals surface area (Å²) < 4.78 is 6.32. The van der Waals surface area contributed by atoms with E-state index in [1.54, 1.807) is 0 Å². The summed E-state index contributed by atoms with van der Waals surface area (Å²) in [6, 6.07) is 0. The summed E-state index contributed by atoms with van der Waals surface area (Å²) in [5.74, 6) is 6.60. The molecule has 0 aromatic rings. The molecule has 2 nitrogen and oxygen atoms in total. The van der Waals surface area contributed by atoms with Crippen molar-refractivity contribution in [2.24, 2.45) is 52.8 Å². The van der Waals surface area contributed by atoms with E-state index in [9.17, 15) is 4.79 Å². The lowest BCUT2D eigenvalue weighted by Crippen LogP contribution is -2.73. The quantitative estimate of drug-likeness (QED) is 0.673. The third-order valence-corrected chi connectivity index (χ3v) is 9.57. The number of carbonyl (C=O) groups is 1. The van der Waals surface area contributed by atoms with E-state index in [-0.39, 0.29) is 17.5 Å². The summed E-state index contributed by atoms with van der Waals surface area (Å²) >= 11 is 0. The Morgan fingerprint density at radius 3 is 2.21 bits per heavy atom. The van der Waals surface area contributed by atoms with Crippen molar-refractivity contribution in [1.82, 2.24) is 0 Å². The molecular weight excluding hydrogens is 296 g/mol. The third-order valence-electron chi connectivity index (χ3n) is 9.57. The second kappa shape index (κ2) is 4.80. The zero-order valence-electron chi connectivity index (χ0n) is 15.9. The van der Waals surface area contributed by atoms with E-state index in [0.717, 1.165) is 47.8 Å². The van der Waals surface area contributed by atoms with Gasteiger partial charge in [-0.15, -0.1) is 0 Å². The van der Waals surface area contributed by atoms with Crippen molar-refractivity contribution in [1.29, 1.82) is 0 Å². The molecule has 134 valence electrons. The van der Waals surface area contributed by atoms with Gasteiger partial charge in [0.25, 0.3) is 0 Å². The summed E-state index contributed by atoms with van der Waals surface area (Å²) in [5.41, 5.74) is 0.00571. The van der Waals surface area contributed by atoms with Crippen LogP contribution in [-0.2, 0) is 9.53 Å². The number of hydrogen-bond donors (Lipinski definition) is 0. The Bertz CT molecular complexity index is 540. The Balaban J connectivity index is 1.53. The number of carbonyl (C=O) groups excluding carboxylic acids is 1. The molecule has 7 fully saturated rings. The molecule has 7 saturated carbocycles. The van der Waals surface area contributed by atoms with Gasteiger partial charge < -0.3 is 4.74 Å². The molecule has 0 radical (unpaired) electrons. The molecule has 0 aromatic carbocycles. The molecule has 0 aliphatic heterocycles. The van der Waals surface area contributed by atoms with Gasteiger partial charge in [0, 0.05) is 5.41 Å². The summed E-state index contributed by atoms with van der Waals surface area (Å²) in [5, 5.41) is 0. The summed E-state index contributed by atoms with van der Waals surface area (Å²) in [4.78, 5) is 12.7. The zero-order chi connectivity index (χ0) is 16.9. The zero-order valence-corrected chi connectivity index (χ0v) is 15.9. The number of ether oxygens (including phenoxy) is 1. The van der Waals surface area contributed by atoms with Crippen molar-refractivity contribution in [2.45, 2.75) is 78.2 Å². The fraction of sp³-hybridized carbons (Fsp3) is 0.955. The topological polar surface area (TPSA) is 26.3 Å². The fourth-order valence-electron chi connectivity index (χ4n) is 8.71. The van der Waals surface area contributed by atoms with Crippen LogP contribution in [-0.4, -0.2) is 11.6 Å². The van der Waals surface area contributed by atoms with Gasteiger partial charge in [-0.05, 0) is 100 Å². The highest BCUT2D eigenvalue weighted by molar-refractivity contribution is 5.72. The minimum atomic E-state index is -0.286. The maximum Gasteiger partial charge on any atom is 0.309 e. The van der Waals surface area contributed by atoms with E-state index in [1.807, 2.05) is 6.92 Å². The average Bonchev–Trinajstić information content (AvgIpc) is 2.57. The highest BCUT2D eigenvalue weighted by Gasteiger charge is 2.74. The Morgan fingerprint density at radius 2 is 1.62 bits per heavy atom. The first-order chi connectivity index (χ1) is 11.4. The van der Waals surface area contributed by atoms with Crippen molar-refractivity contribution in [3.05, 3.63) is 0 Å². The van der Waals surface area contributed by atoms with Crippen molar-refractivity contribution in [2.75, 3.05) is 0 Å². The van der Waals surface area contributed by atoms with Gasteiger partial charge in [-0.25, -0.2) is 0 Å². The van der Waals surface area contributed by atoms with E-state index in [1.165, 1.54) is 38.5 Å². The fourth-order valence-corrected chi connectivity index (χ4v) is 8.71. The molecule has 2 heteroatoms. The van der Waals surface area contributed by atoms with Crippen molar-refractivity contribution in [3.8, 4) is 0 Å². The molecule has 0 heterocycles. The van der Waals surface area contributed by atoms with E-state index >= 15 is 0 Å². The molecule has 0 aromatic heterocycles. The van der Waals surface area contributed by atoms with Crippen LogP contribution in [0.15, 0.2) is 0 Å². The highest BCUT2D eigenvalue weighted by atomic mass is 16.6. The van der Waals surface area contributed by atoms with Crippen LogP contribution in [0.25, 0.3) is 0 Å². The first-order valence-electron chi connectivity index (χ1n) is 10.6. The molecular formula is C22H34O2. The third kappa shape index (κ3) is 1.71. The Labute approximate surface area is 147 Å². The standard InChI is InChI=1S/C22H34O2/c1-5-12(2)20(23)24-21(3,4)22-11-14-7-16-15-6-13(9-18(16)22)10-19(22)17(15)8-14/h12-19H,5-11H2,1-4H3. The maximum absolute atomic E-state index is 12.7. The molecule has 5 atom stereocenters. The second-order valence-electron chi connectivity index (χ2n) is 10.6. The largest absolute Gasteiger partial charge is 0.459 e. The Morgan fingerprint density at radius 1 is 1.04 bits per heavy atom. The molecule has 0 amide bonds. The molecule has 7 aliphatic rings. The normalized spacial score (nSPS) is 51.9. The van der Waals surface area contributed by atoms with Gasteiger partial charge in [-0.3, -0.25) is 4.79 Å². The smallest absolute Gasteiger partial charge is 0.309 e. The van der Waals surface area contributed by atoms with Crippen LogP contribution in [0.2, 0.25) is 0 Å². The van der Waals surface area contributed by atoms with Gasteiger partial charge in [-0.1, -0.05) is 13.8 Å². The molecule has 5 unspecified atom stereocenters. The monoisotopic (exact) mass is 330 g/mol. The van der Waals surface area contributed by atoms with Gasteiger partial charge in [0.1, 0.15) is 5.60 Å². The van der Waals surface area contributed by atoms with E-state index in [2.05, 4.69) is 20.8 Å². The summed E-state index contributed by atoms with van der Waals surface area (Å²) in [7, 11) is 0. The summed E-state index contributed by atoms with van der Waals surface area (Å²) in [6.45, 7) is 8.66. The molecule has 0 N–H and O–H groups in total. The molecule has 7 aliphatic carbocycles. The van der Waals surface area contributed by atoms with Crippen LogP contribution in [0.5, 0.6) is 0 Å². The van der Waals surface area contributed by atoms with Crippen molar-refractivity contribution < 1.29 is 9.53 Å². The molecule has 7 rings (SSSR count). The van der Waals surface area contributed by atoms with E-state index in [4.69, 9.17) is 4.74 Å². The lowest BCUT2D eigenvalue weighted by molar-refractivity contribution is -0.309. The SMILES string of the molecule is CCC(C)C(=O)OC(C)(C)C12CC3CC4C5CC(CC41)CC2C5C3. The predicted molar refractivity (Wildman–Crippen MR) is 94.2 cm³/mol. The minimum Gasteiger partial charge on any atom is -0.459 e. The average molecular weight is 331 g/mol.